The highest BCUT2D eigenvalue weighted by atomic mass is 79.9. The van der Waals surface area contributed by atoms with E-state index in [1.54, 1.807) is 0 Å². The van der Waals surface area contributed by atoms with Gasteiger partial charge in [-0.05, 0) is 58.3 Å². The van der Waals surface area contributed by atoms with Crippen molar-refractivity contribution in [2.45, 2.75) is 39.2 Å². The maximum absolute atomic E-state index is 6.07. The predicted molar refractivity (Wildman–Crippen MR) is 77.4 cm³/mol. The Morgan fingerprint density at radius 1 is 1.41 bits per heavy atom. The van der Waals surface area contributed by atoms with Crippen LogP contribution in [-0.4, -0.2) is 6.54 Å². The normalized spacial score (nSPS) is 17.8. The monoisotopic (exact) mass is 315 g/mol. The van der Waals surface area contributed by atoms with E-state index in [1.807, 2.05) is 12.1 Å². The molecule has 0 aliphatic heterocycles. The van der Waals surface area contributed by atoms with Crippen LogP contribution in [0.5, 0.6) is 0 Å². The van der Waals surface area contributed by atoms with E-state index in [4.69, 9.17) is 11.6 Å². The van der Waals surface area contributed by atoms with Gasteiger partial charge in [-0.3, -0.25) is 0 Å². The zero-order valence-corrected chi connectivity index (χ0v) is 12.6. The fourth-order valence-corrected chi connectivity index (χ4v) is 2.90. The first kappa shape index (κ1) is 13.4. The fourth-order valence-electron chi connectivity index (χ4n) is 2.45. The van der Waals surface area contributed by atoms with E-state index in [1.165, 1.54) is 31.2 Å². The van der Waals surface area contributed by atoms with Crippen molar-refractivity contribution in [2.24, 2.45) is 5.41 Å². The third kappa shape index (κ3) is 3.24. The maximum atomic E-state index is 6.07. The molecule has 0 amide bonds. The van der Waals surface area contributed by atoms with Crippen LogP contribution in [0.1, 0.15) is 38.2 Å². The Morgan fingerprint density at radius 3 is 2.71 bits per heavy atom. The Balaban J connectivity index is 1.83. The second-order valence-corrected chi connectivity index (χ2v) is 6.32. The molecule has 0 heterocycles. The first-order valence-electron chi connectivity index (χ1n) is 6.30. The number of rotatable bonds is 5. The summed E-state index contributed by atoms with van der Waals surface area (Å²) in [7, 11) is 0. The summed E-state index contributed by atoms with van der Waals surface area (Å²) in [6, 6.07) is 6.15. The molecule has 17 heavy (non-hydrogen) atoms. The molecule has 1 N–H and O–H groups in total. The van der Waals surface area contributed by atoms with E-state index in [0.717, 1.165) is 22.6 Å². The van der Waals surface area contributed by atoms with Crippen molar-refractivity contribution in [2.75, 3.05) is 6.54 Å². The van der Waals surface area contributed by atoms with E-state index in [-0.39, 0.29) is 0 Å². The molecule has 0 aromatic heterocycles. The summed E-state index contributed by atoms with van der Waals surface area (Å²) in [4.78, 5) is 0. The highest BCUT2D eigenvalue weighted by molar-refractivity contribution is 9.10. The minimum Gasteiger partial charge on any atom is -0.312 e. The lowest BCUT2D eigenvalue weighted by Gasteiger charge is -2.41. The van der Waals surface area contributed by atoms with Crippen LogP contribution >= 0.6 is 27.5 Å². The zero-order chi connectivity index (χ0) is 12.3. The Hall–Kier alpha value is -0.0500. The quantitative estimate of drug-likeness (QED) is 0.825. The van der Waals surface area contributed by atoms with Crippen molar-refractivity contribution in [1.82, 2.24) is 5.32 Å². The summed E-state index contributed by atoms with van der Waals surface area (Å²) in [6.45, 7) is 4.35. The third-order valence-electron chi connectivity index (χ3n) is 3.98. The molecule has 0 saturated heterocycles. The van der Waals surface area contributed by atoms with Crippen molar-refractivity contribution in [3.63, 3.8) is 0 Å². The lowest BCUT2D eigenvalue weighted by molar-refractivity contribution is 0.124. The topological polar surface area (TPSA) is 12.0 Å². The van der Waals surface area contributed by atoms with E-state index in [9.17, 15) is 0 Å². The van der Waals surface area contributed by atoms with Crippen LogP contribution in [0, 0.1) is 5.41 Å². The third-order valence-corrected chi connectivity index (χ3v) is 5.21. The molecule has 0 radical (unpaired) electrons. The van der Waals surface area contributed by atoms with E-state index >= 15 is 0 Å². The van der Waals surface area contributed by atoms with Gasteiger partial charge in [0.15, 0.2) is 0 Å². The molecule has 2 rings (SSSR count). The maximum Gasteiger partial charge on any atom is 0.0551 e. The highest BCUT2D eigenvalue weighted by Crippen LogP contribution is 2.43. The van der Waals surface area contributed by atoms with Gasteiger partial charge in [-0.1, -0.05) is 31.0 Å². The number of nitrogens with one attached hydrogen (secondary N) is 1. The summed E-state index contributed by atoms with van der Waals surface area (Å²) >= 11 is 9.48. The van der Waals surface area contributed by atoms with Crippen LogP contribution in [-0.2, 0) is 6.54 Å². The van der Waals surface area contributed by atoms with Crippen molar-refractivity contribution < 1.29 is 0 Å². The molecule has 1 saturated carbocycles. The Labute approximate surface area is 117 Å². The number of hydrogen-bond acceptors (Lipinski definition) is 1. The van der Waals surface area contributed by atoms with Crippen LogP contribution in [0.2, 0.25) is 5.02 Å². The van der Waals surface area contributed by atoms with Gasteiger partial charge < -0.3 is 5.32 Å². The molecular formula is C14H19BrClN. The Bertz CT molecular complexity index is 382. The summed E-state index contributed by atoms with van der Waals surface area (Å²) in [6.07, 6.45) is 5.47. The molecule has 0 bridgehead atoms. The first-order chi connectivity index (χ1) is 8.15. The summed E-state index contributed by atoms with van der Waals surface area (Å²) in [5.74, 6) is 0. The lowest BCUT2D eigenvalue weighted by Crippen LogP contribution is -2.39. The number of halogens is 2. The highest BCUT2D eigenvalue weighted by Gasteiger charge is 2.34. The average Bonchev–Trinajstić information content (AvgIpc) is 2.27. The molecule has 0 unspecified atom stereocenters. The SMILES string of the molecule is CCC1(CNCc2ccc(Br)c(Cl)c2)CCC1. The minimum atomic E-state index is 0.582. The van der Waals surface area contributed by atoms with Gasteiger partial charge in [0.2, 0.25) is 0 Å². The van der Waals surface area contributed by atoms with Crippen LogP contribution in [0.3, 0.4) is 0 Å². The van der Waals surface area contributed by atoms with Gasteiger partial charge in [0.05, 0.1) is 5.02 Å². The van der Waals surface area contributed by atoms with Crippen LogP contribution < -0.4 is 5.32 Å². The van der Waals surface area contributed by atoms with E-state index < -0.39 is 0 Å². The van der Waals surface area contributed by atoms with Crippen molar-refractivity contribution in [3.05, 3.63) is 33.3 Å². The fraction of sp³-hybridized carbons (Fsp3) is 0.571. The molecule has 1 aliphatic rings. The van der Waals surface area contributed by atoms with Crippen LogP contribution in [0.15, 0.2) is 22.7 Å². The van der Waals surface area contributed by atoms with Gasteiger partial charge in [0, 0.05) is 17.6 Å². The number of benzene rings is 1. The summed E-state index contributed by atoms with van der Waals surface area (Å²) in [5, 5.41) is 4.36. The van der Waals surface area contributed by atoms with Crippen molar-refractivity contribution in [1.29, 1.82) is 0 Å². The minimum absolute atomic E-state index is 0.582. The zero-order valence-electron chi connectivity index (χ0n) is 10.2. The molecule has 1 aromatic rings. The van der Waals surface area contributed by atoms with Gasteiger partial charge in [0.25, 0.3) is 0 Å². The second-order valence-electron chi connectivity index (χ2n) is 5.06. The molecule has 0 atom stereocenters. The Morgan fingerprint density at radius 2 is 2.18 bits per heavy atom. The number of hydrogen-bond donors (Lipinski definition) is 1. The molecule has 3 heteroatoms. The standard InChI is InChI=1S/C14H19BrClN/c1-2-14(6-3-7-14)10-17-9-11-4-5-12(15)13(16)8-11/h4-5,8,17H,2-3,6-7,9-10H2,1H3. The first-order valence-corrected chi connectivity index (χ1v) is 7.47. The largest absolute Gasteiger partial charge is 0.312 e. The van der Waals surface area contributed by atoms with Gasteiger partial charge in [-0.15, -0.1) is 0 Å². The van der Waals surface area contributed by atoms with Gasteiger partial charge in [-0.2, -0.15) is 0 Å². The predicted octanol–water partition coefficient (Wildman–Crippen LogP) is 4.77. The van der Waals surface area contributed by atoms with Gasteiger partial charge >= 0.3 is 0 Å². The summed E-state index contributed by atoms with van der Waals surface area (Å²) < 4.78 is 0.965. The molecule has 1 aromatic carbocycles. The lowest BCUT2D eigenvalue weighted by atomic mass is 9.67. The van der Waals surface area contributed by atoms with E-state index in [2.05, 4.69) is 34.2 Å². The summed E-state index contributed by atoms with van der Waals surface area (Å²) in [5.41, 5.74) is 1.84. The second kappa shape index (κ2) is 5.73. The smallest absolute Gasteiger partial charge is 0.0551 e. The molecule has 1 fully saturated rings. The van der Waals surface area contributed by atoms with Gasteiger partial charge in [-0.25, -0.2) is 0 Å². The molecule has 0 spiro atoms. The van der Waals surface area contributed by atoms with E-state index in [0.29, 0.717) is 5.41 Å². The molecule has 1 nitrogen and oxygen atoms in total. The van der Waals surface area contributed by atoms with Gasteiger partial charge in [0.1, 0.15) is 0 Å². The Kier molecular flexibility index (Phi) is 4.51. The average molecular weight is 317 g/mol. The molecule has 94 valence electrons. The van der Waals surface area contributed by atoms with Crippen LogP contribution in [0.25, 0.3) is 0 Å². The molecular weight excluding hydrogens is 298 g/mol. The van der Waals surface area contributed by atoms with Crippen molar-refractivity contribution >= 4 is 27.5 Å². The molecule has 1 aliphatic carbocycles. The van der Waals surface area contributed by atoms with Crippen molar-refractivity contribution in [3.8, 4) is 0 Å². The van der Waals surface area contributed by atoms with Crippen LogP contribution in [0.4, 0.5) is 0 Å².